The van der Waals surface area contributed by atoms with Crippen molar-refractivity contribution in [3.05, 3.63) is 0 Å². The molecule has 5 atom stereocenters. The van der Waals surface area contributed by atoms with Crippen molar-refractivity contribution >= 4 is 41.7 Å². The second-order valence-electron chi connectivity index (χ2n) is 7.85. The molecule has 40 heavy (non-hydrogen) atoms. The molecule has 0 unspecified atom stereocenters. The number of rotatable bonds is 16. The van der Waals surface area contributed by atoms with Crippen LogP contribution in [-0.4, -0.2) is 109 Å². The number of hydrogen-bond acceptors (Lipinski definition) is 13. The average Bonchev–Trinajstić information content (AvgIpc) is 2.84. The summed E-state index contributed by atoms with van der Waals surface area (Å²) >= 11 is 0. The van der Waals surface area contributed by atoms with Gasteiger partial charge in [0.05, 0.1) is 12.5 Å². The summed E-state index contributed by atoms with van der Waals surface area (Å²) in [6, 6.07) is -4.10. The molecule has 20 N–H and O–H groups in total. The highest BCUT2D eigenvalue weighted by atomic mass is 16.4. The highest BCUT2D eigenvalue weighted by molar-refractivity contribution is 5.83. The van der Waals surface area contributed by atoms with Crippen LogP contribution in [0.5, 0.6) is 0 Å². The Bertz CT molecular complexity index is 780. The van der Waals surface area contributed by atoms with Crippen molar-refractivity contribution in [3.8, 4) is 0 Å². The summed E-state index contributed by atoms with van der Waals surface area (Å²) in [5.41, 5.74) is 34.6. The Hall–Kier alpha value is -3.95. The van der Waals surface area contributed by atoms with Gasteiger partial charge < -0.3 is 70.8 Å². The van der Waals surface area contributed by atoms with E-state index in [-0.39, 0.29) is 45.1 Å². The van der Waals surface area contributed by atoms with Crippen molar-refractivity contribution in [3.63, 3.8) is 0 Å². The molecular weight excluding hydrogens is 546 g/mol. The Morgan fingerprint density at radius 2 is 0.875 bits per heavy atom. The second kappa shape index (κ2) is 25.3. The lowest BCUT2D eigenvalue weighted by Crippen LogP contribution is -2.34. The van der Waals surface area contributed by atoms with Gasteiger partial charge in [0.15, 0.2) is 0 Å². The molecule has 0 aliphatic rings. The number of aliphatic hydroxyl groups excluding tert-OH is 1. The first-order valence-electron chi connectivity index (χ1n) is 11.3. The highest BCUT2D eigenvalue weighted by Crippen LogP contribution is 1.98. The molecule has 0 saturated carbocycles. The van der Waals surface area contributed by atoms with Crippen LogP contribution in [0.15, 0.2) is 0 Å². The first-order chi connectivity index (χ1) is 18.2. The zero-order chi connectivity index (χ0) is 32.6. The van der Waals surface area contributed by atoms with Crippen LogP contribution in [0.1, 0.15) is 44.9 Å². The fourth-order valence-electron chi connectivity index (χ4n) is 1.74. The number of nitrogens with two attached hydrogens (primary N) is 7. The van der Waals surface area contributed by atoms with Gasteiger partial charge in [-0.15, -0.1) is 0 Å². The number of carboxylic acids is 5. The zero-order valence-corrected chi connectivity index (χ0v) is 21.6. The number of aliphatic carboxylic acids is 5. The van der Waals surface area contributed by atoms with Gasteiger partial charge in [-0.25, -0.2) is 0 Å². The molecule has 0 aliphatic carbocycles. The quantitative estimate of drug-likeness (QED) is 0.0801. The van der Waals surface area contributed by atoms with Crippen LogP contribution in [0.4, 0.5) is 0 Å². The monoisotopic (exact) mass is 587 g/mol. The minimum atomic E-state index is -1.21. The lowest BCUT2D eigenvalue weighted by Gasteiger charge is -2.09. The van der Waals surface area contributed by atoms with E-state index < -0.39 is 71.9 Å². The third-order valence-corrected chi connectivity index (χ3v) is 4.14. The van der Waals surface area contributed by atoms with E-state index in [1.165, 1.54) is 0 Å². The normalized spacial score (nSPS) is 13.4. The van der Waals surface area contributed by atoms with E-state index >= 15 is 0 Å². The summed E-state index contributed by atoms with van der Waals surface area (Å²) in [6.07, 6.45) is -0.455. The molecule has 0 aromatic heterocycles. The van der Waals surface area contributed by atoms with Gasteiger partial charge in [0.2, 0.25) is 11.8 Å². The third-order valence-electron chi connectivity index (χ3n) is 4.14. The van der Waals surface area contributed by atoms with E-state index in [2.05, 4.69) is 5.73 Å². The second-order valence-corrected chi connectivity index (χ2v) is 7.85. The Labute approximate surface area is 228 Å². The van der Waals surface area contributed by atoms with Gasteiger partial charge in [-0.1, -0.05) is 0 Å². The van der Waals surface area contributed by atoms with Crippen LogP contribution in [0.3, 0.4) is 0 Å². The Balaban J connectivity index is -0.000000217. The molecule has 0 heterocycles. The van der Waals surface area contributed by atoms with E-state index in [1.54, 1.807) is 0 Å². The van der Waals surface area contributed by atoms with Crippen molar-refractivity contribution < 1.29 is 64.2 Å². The van der Waals surface area contributed by atoms with Gasteiger partial charge >= 0.3 is 29.8 Å². The topological polar surface area (TPSA) is 423 Å². The third kappa shape index (κ3) is 34.0. The molecule has 0 fully saturated rings. The van der Waals surface area contributed by atoms with E-state index in [9.17, 15) is 33.6 Å². The van der Waals surface area contributed by atoms with Crippen LogP contribution < -0.4 is 40.1 Å². The lowest BCUT2D eigenvalue weighted by molar-refractivity contribution is -0.141. The fourth-order valence-corrected chi connectivity index (χ4v) is 1.74. The molecule has 0 aliphatic heterocycles. The van der Waals surface area contributed by atoms with E-state index in [0.717, 1.165) is 0 Å². The molecule has 0 saturated heterocycles. The molecule has 0 aromatic rings. The fraction of sp³-hybridized carbons (Fsp3) is 0.650. The van der Waals surface area contributed by atoms with E-state index in [0.29, 0.717) is 6.42 Å². The summed E-state index contributed by atoms with van der Waals surface area (Å²) in [6.45, 7) is 0.145. The van der Waals surface area contributed by atoms with E-state index in [1.807, 2.05) is 0 Å². The maximum atomic E-state index is 10.2. The minimum Gasteiger partial charge on any atom is -0.481 e. The van der Waals surface area contributed by atoms with Crippen molar-refractivity contribution in [1.82, 2.24) is 0 Å². The number of hydrogen-bond donors (Lipinski definition) is 13. The smallest absolute Gasteiger partial charge is 0.321 e. The van der Waals surface area contributed by atoms with Crippen LogP contribution in [0.25, 0.3) is 0 Å². The summed E-state index contributed by atoms with van der Waals surface area (Å²) in [5, 5.41) is 49.8. The largest absolute Gasteiger partial charge is 0.481 e. The van der Waals surface area contributed by atoms with Crippen LogP contribution in [-0.2, 0) is 33.6 Å². The summed E-state index contributed by atoms with van der Waals surface area (Å²) in [4.78, 5) is 70.1. The molecule has 234 valence electrons. The van der Waals surface area contributed by atoms with E-state index in [4.69, 9.17) is 65.0 Å². The summed E-state index contributed by atoms with van der Waals surface area (Å²) in [5.74, 6) is -6.80. The number of carbonyl (C=O) groups excluding carboxylic acids is 2. The maximum Gasteiger partial charge on any atom is 0.321 e. The Morgan fingerprint density at radius 3 is 1.12 bits per heavy atom. The van der Waals surface area contributed by atoms with Crippen molar-refractivity contribution in [1.29, 1.82) is 0 Å². The van der Waals surface area contributed by atoms with Gasteiger partial charge in [0.1, 0.15) is 24.2 Å². The van der Waals surface area contributed by atoms with Gasteiger partial charge in [-0.2, -0.15) is 0 Å². The molecule has 0 rings (SSSR count). The number of amides is 2. The maximum absolute atomic E-state index is 10.2. The minimum absolute atomic E-state index is 0.0213. The predicted molar refractivity (Wildman–Crippen MR) is 136 cm³/mol. The number of primary amides is 2. The predicted octanol–water partition coefficient (Wildman–Crippen LogP) is -5.30. The Morgan fingerprint density at radius 1 is 0.525 bits per heavy atom. The van der Waals surface area contributed by atoms with Crippen molar-refractivity contribution in [2.24, 2.45) is 40.1 Å². The average molecular weight is 588 g/mol. The molecule has 2 amide bonds. The molecule has 20 heteroatoms. The first kappa shape index (κ1) is 43.1. The number of carboxylic acid groups (broad SMARTS) is 5. The lowest BCUT2D eigenvalue weighted by atomic mass is 10.1. The summed E-state index contributed by atoms with van der Waals surface area (Å²) in [7, 11) is 0. The van der Waals surface area contributed by atoms with Crippen LogP contribution >= 0.6 is 0 Å². The Kier molecular flexibility index (Phi) is 27.3. The zero-order valence-electron chi connectivity index (χ0n) is 21.6. The van der Waals surface area contributed by atoms with Crippen LogP contribution in [0, 0.1) is 0 Å². The standard InChI is InChI=1S/C6H14N2O3.C5H10N2O3.C5H9NO4.C4H8N2O3/c7-3-4(9)1-2-5(8)6(10)11;2*6-3(5(9)10)1-2-4(7)8;5-2(4(8)9)1-3(6)7/h4-5,9H,1-3,7-8H2,(H,10,11);3H,1-2,6H2,(H2,7,8)(H,9,10);3H,1-2,6H2,(H,7,8)(H,9,10);2H,1,5H2,(H2,6,7)(H,8,9)/t4-,5+;2*3-;2-/m1000/s1. The molecule has 0 aromatic carbocycles. The number of carbonyl (C=O) groups is 7. The van der Waals surface area contributed by atoms with Crippen molar-refractivity contribution in [2.75, 3.05) is 6.54 Å². The number of aliphatic hydroxyl groups is 1. The molecule has 0 radical (unpaired) electrons. The van der Waals surface area contributed by atoms with Gasteiger partial charge in [0.25, 0.3) is 0 Å². The molecular formula is C20H41N7O13. The molecule has 0 bridgehead atoms. The molecule has 20 nitrogen and oxygen atoms in total. The van der Waals surface area contributed by atoms with Gasteiger partial charge in [0, 0.05) is 19.4 Å². The summed E-state index contributed by atoms with van der Waals surface area (Å²) < 4.78 is 0. The van der Waals surface area contributed by atoms with Crippen LogP contribution in [0.2, 0.25) is 0 Å². The first-order valence-corrected chi connectivity index (χ1v) is 11.3. The van der Waals surface area contributed by atoms with Crippen molar-refractivity contribution in [2.45, 2.75) is 75.2 Å². The highest BCUT2D eigenvalue weighted by Gasteiger charge is 2.14. The molecule has 0 spiro atoms. The SMILES string of the molecule is NC(=O)CC[C@H](N)C(=O)O.NC(=O)C[C@H](N)C(=O)O.NC[C@H](O)CC[C@H](N)C(=O)O.N[C@@H](CCC(=O)O)C(=O)O. The van der Waals surface area contributed by atoms with Gasteiger partial charge in [-0.05, 0) is 25.7 Å². The van der Waals surface area contributed by atoms with Gasteiger partial charge in [-0.3, -0.25) is 33.6 Å².